The Hall–Kier alpha value is -4.51. The van der Waals surface area contributed by atoms with E-state index in [9.17, 15) is 15.0 Å². The van der Waals surface area contributed by atoms with Crippen LogP contribution in [0.1, 0.15) is 117 Å². The van der Waals surface area contributed by atoms with Crippen molar-refractivity contribution in [2.24, 2.45) is 22.8 Å². The van der Waals surface area contributed by atoms with Crippen molar-refractivity contribution in [1.82, 2.24) is 9.55 Å². The average molecular weight is 689 g/mol. The van der Waals surface area contributed by atoms with E-state index in [0.29, 0.717) is 37.2 Å². The van der Waals surface area contributed by atoms with Gasteiger partial charge in [-0.15, -0.1) is 0 Å². The number of nitrogens with zero attached hydrogens (tertiary/aromatic N) is 1. The second-order valence-electron chi connectivity index (χ2n) is 14.6. The number of hydrogen-bond donors (Lipinski definition) is 5. The van der Waals surface area contributed by atoms with Gasteiger partial charge in [0, 0.05) is 43.2 Å². The molecule has 4 atom stereocenters. The lowest BCUT2D eigenvalue weighted by Gasteiger charge is -2.35. The zero-order valence-electron chi connectivity index (χ0n) is 29.3. The van der Waals surface area contributed by atoms with Crippen molar-refractivity contribution in [3.8, 4) is 35.4 Å². The number of aromatic nitrogens is 2. The molecule has 1 fully saturated rings. The molecule has 0 radical (unpaired) electrons. The van der Waals surface area contributed by atoms with Gasteiger partial charge in [-0.25, -0.2) is 0 Å². The van der Waals surface area contributed by atoms with E-state index in [2.05, 4.69) is 52.7 Å². The normalized spacial score (nSPS) is 20.9. The van der Waals surface area contributed by atoms with Gasteiger partial charge in [-0.05, 0) is 65.6 Å². The summed E-state index contributed by atoms with van der Waals surface area (Å²) in [6.07, 6.45) is 15.3. The molecular weight excluding hydrogens is 640 g/mol. The first kappa shape index (κ1) is 34.9. The third kappa shape index (κ3) is 7.45. The molecule has 9 heteroatoms. The SMILES string of the molecule is CCCCC[C@@H](O)CC(=O)CCc1ccc2c(c1)O[C@@H]1[C@@H](C#C[C@H](O)c3ccc(C(N)N)cc3Cc3c[nH]c4cn1cc34)C1(C#CO2)CCCC1. The fourth-order valence-electron chi connectivity index (χ4n) is 7.97. The van der Waals surface area contributed by atoms with Crippen molar-refractivity contribution in [2.75, 3.05) is 0 Å². The number of hydrogen-bond acceptors (Lipinski definition) is 7. The maximum atomic E-state index is 12.8. The lowest BCUT2D eigenvalue weighted by Crippen LogP contribution is -2.35. The summed E-state index contributed by atoms with van der Waals surface area (Å²) in [5, 5.41) is 23.0. The Morgan fingerprint density at radius 2 is 1.92 bits per heavy atom. The monoisotopic (exact) mass is 688 g/mol. The lowest BCUT2D eigenvalue weighted by atomic mass is 9.73. The smallest absolute Gasteiger partial charge is 0.191 e. The molecule has 0 amide bonds. The van der Waals surface area contributed by atoms with Crippen LogP contribution in [0.25, 0.3) is 10.9 Å². The molecule has 4 aromatic rings. The maximum absolute atomic E-state index is 12.8. The van der Waals surface area contributed by atoms with Crippen LogP contribution in [0.4, 0.5) is 0 Å². The number of unbranched alkanes of at least 4 members (excludes halogenated alkanes) is 2. The van der Waals surface area contributed by atoms with E-state index in [1.54, 1.807) is 0 Å². The molecule has 4 heterocycles. The van der Waals surface area contributed by atoms with E-state index < -0.39 is 35.9 Å². The standard InChI is InChI=1S/C42H48N4O5/c1-2-3-4-7-31(47)23-32(48)11-8-27-9-15-38-39(20-27)51-41-35(42(18-19-50-38)16-5-6-17-42)13-14-37(49)33-12-10-28(40(43)44)21-29(33)22-30-24-45-36-26-46(41)25-34(30)36/h9-10,12,15,20-21,24-26,31,35,37,40-41,45,47,49H,2-8,11,16-17,22-23,43-44H2,1H3/t31-,35-,37+,41-/m1/s1. The highest BCUT2D eigenvalue weighted by Crippen LogP contribution is 2.50. The van der Waals surface area contributed by atoms with E-state index in [0.717, 1.165) is 83.7 Å². The number of ketones is 1. The van der Waals surface area contributed by atoms with Gasteiger partial charge >= 0.3 is 0 Å². The van der Waals surface area contributed by atoms with Crippen LogP contribution in [-0.2, 0) is 17.6 Å². The number of benzene rings is 2. The van der Waals surface area contributed by atoms with Crippen LogP contribution in [0.3, 0.4) is 0 Å². The summed E-state index contributed by atoms with van der Waals surface area (Å²) in [6, 6.07) is 11.4. The first-order valence-electron chi connectivity index (χ1n) is 18.4. The summed E-state index contributed by atoms with van der Waals surface area (Å²) in [5.41, 5.74) is 16.9. The van der Waals surface area contributed by atoms with Gasteiger partial charge < -0.3 is 40.7 Å². The third-order valence-corrected chi connectivity index (χ3v) is 10.9. The number of carbonyl (C=O) groups is 1. The number of nitrogens with two attached hydrogens (primary N) is 2. The summed E-state index contributed by atoms with van der Waals surface area (Å²) in [4.78, 5) is 16.2. The predicted molar refractivity (Wildman–Crippen MR) is 196 cm³/mol. The van der Waals surface area contributed by atoms with Gasteiger partial charge in [-0.2, -0.15) is 0 Å². The van der Waals surface area contributed by atoms with E-state index in [-0.39, 0.29) is 12.2 Å². The van der Waals surface area contributed by atoms with Crippen molar-refractivity contribution in [2.45, 2.75) is 109 Å². The minimum absolute atomic E-state index is 0.0452. The van der Waals surface area contributed by atoms with Crippen molar-refractivity contribution in [1.29, 1.82) is 0 Å². The highest BCUT2D eigenvalue weighted by Gasteiger charge is 2.46. The van der Waals surface area contributed by atoms with Crippen LogP contribution in [0.15, 0.2) is 55.0 Å². The van der Waals surface area contributed by atoms with Crippen LogP contribution in [0.2, 0.25) is 0 Å². The molecule has 3 aliphatic rings. The molecule has 1 saturated carbocycles. The second-order valence-corrected chi connectivity index (χ2v) is 14.6. The first-order valence-corrected chi connectivity index (χ1v) is 18.4. The van der Waals surface area contributed by atoms with Gasteiger partial charge in [0.05, 0.1) is 29.1 Å². The molecule has 2 aromatic heterocycles. The van der Waals surface area contributed by atoms with Crippen LogP contribution in [0.5, 0.6) is 11.5 Å². The number of nitrogens with one attached hydrogen (secondary N) is 1. The predicted octanol–water partition coefficient (Wildman–Crippen LogP) is 6.47. The van der Waals surface area contributed by atoms with Gasteiger partial charge in [0.25, 0.3) is 0 Å². The topological polar surface area (TPSA) is 149 Å². The van der Waals surface area contributed by atoms with Gasteiger partial charge in [0.15, 0.2) is 17.7 Å². The lowest BCUT2D eigenvalue weighted by molar-refractivity contribution is -0.121. The van der Waals surface area contributed by atoms with E-state index in [1.807, 2.05) is 42.6 Å². The number of aliphatic hydroxyl groups excluding tert-OH is 2. The number of carbonyl (C=O) groups excluding carboxylic acids is 1. The number of H-pyrrole nitrogens is 1. The highest BCUT2D eigenvalue weighted by molar-refractivity contribution is 5.83. The third-order valence-electron chi connectivity index (χ3n) is 10.9. The molecule has 1 aliphatic carbocycles. The van der Waals surface area contributed by atoms with Crippen LogP contribution in [-0.4, -0.2) is 31.7 Å². The van der Waals surface area contributed by atoms with E-state index in [1.165, 1.54) is 0 Å². The molecule has 0 unspecified atom stereocenters. The quantitative estimate of drug-likeness (QED) is 0.0729. The Labute approximate surface area is 299 Å². The summed E-state index contributed by atoms with van der Waals surface area (Å²) in [5.74, 6) is 10.9. The van der Waals surface area contributed by atoms with E-state index in [4.69, 9.17) is 20.9 Å². The molecule has 2 aliphatic heterocycles. The van der Waals surface area contributed by atoms with Crippen molar-refractivity contribution in [3.63, 3.8) is 0 Å². The Kier molecular flexibility index (Phi) is 10.3. The Morgan fingerprint density at radius 3 is 2.73 bits per heavy atom. The Balaban J connectivity index is 1.26. The number of fused-ring (bicyclic) bond motifs is 6. The summed E-state index contributed by atoms with van der Waals surface area (Å²) in [6.45, 7) is 2.12. The highest BCUT2D eigenvalue weighted by atomic mass is 16.5. The Morgan fingerprint density at radius 1 is 1.08 bits per heavy atom. The van der Waals surface area contributed by atoms with Crippen molar-refractivity contribution < 1.29 is 24.5 Å². The zero-order chi connectivity index (χ0) is 35.5. The molecule has 2 aromatic carbocycles. The van der Waals surface area contributed by atoms with Crippen LogP contribution < -0.4 is 20.9 Å². The number of aliphatic hydroxyl groups is 2. The fourth-order valence-corrected chi connectivity index (χ4v) is 7.97. The Bertz CT molecular complexity index is 2010. The molecule has 266 valence electrons. The molecule has 2 bridgehead atoms. The van der Waals surface area contributed by atoms with Gasteiger partial charge in [0.2, 0.25) is 0 Å². The van der Waals surface area contributed by atoms with E-state index >= 15 is 0 Å². The molecule has 7 rings (SSSR count). The molecule has 7 N–H and O–H groups in total. The van der Waals surface area contributed by atoms with Crippen LogP contribution >= 0.6 is 0 Å². The summed E-state index contributed by atoms with van der Waals surface area (Å²) in [7, 11) is 0. The van der Waals surface area contributed by atoms with Gasteiger partial charge in [0.1, 0.15) is 18.0 Å². The zero-order valence-corrected chi connectivity index (χ0v) is 29.3. The summed E-state index contributed by atoms with van der Waals surface area (Å²) < 4.78 is 15.2. The van der Waals surface area contributed by atoms with Crippen molar-refractivity contribution >= 4 is 16.7 Å². The summed E-state index contributed by atoms with van der Waals surface area (Å²) >= 11 is 0. The first-order chi connectivity index (χ1) is 24.7. The molecule has 9 nitrogen and oxygen atoms in total. The molecule has 51 heavy (non-hydrogen) atoms. The minimum Gasteiger partial charge on any atom is -0.465 e. The number of aryl methyl sites for hydroxylation is 1. The maximum Gasteiger partial charge on any atom is 0.191 e. The van der Waals surface area contributed by atoms with Gasteiger partial charge in [-0.3, -0.25) is 4.79 Å². The fraction of sp³-hybridized carbons (Fsp3) is 0.452. The largest absolute Gasteiger partial charge is 0.465 e. The minimum atomic E-state index is -1.05. The van der Waals surface area contributed by atoms with Gasteiger partial charge in [-0.1, -0.05) is 81.1 Å². The van der Waals surface area contributed by atoms with Crippen LogP contribution in [0, 0.1) is 35.2 Å². The second kappa shape index (κ2) is 15.0. The number of aromatic amines is 1. The number of rotatable bonds is 10. The molecule has 0 saturated heterocycles. The van der Waals surface area contributed by atoms with Crippen molar-refractivity contribution in [3.05, 3.63) is 82.8 Å². The number of ether oxygens (including phenoxy) is 2. The average Bonchev–Trinajstić information content (AvgIpc) is 3.86. The number of Topliss-reactive ketones (excluding diaryl/α,β-unsaturated/α-hetero) is 1. The molecular formula is C42H48N4O5. The molecule has 1 spiro atoms.